The molecule has 0 saturated heterocycles. The number of rotatable bonds is 8. The van der Waals surface area contributed by atoms with Gasteiger partial charge in [0.15, 0.2) is 0 Å². The molecule has 1 amide bonds. The van der Waals surface area contributed by atoms with Crippen LogP contribution in [0, 0.1) is 0 Å². The summed E-state index contributed by atoms with van der Waals surface area (Å²) < 4.78 is 0. The van der Waals surface area contributed by atoms with E-state index >= 15 is 0 Å². The number of amides is 1. The first-order valence-corrected chi connectivity index (χ1v) is 5.64. The zero-order valence-electron chi connectivity index (χ0n) is 10.3. The Hall–Kier alpha value is -1.10. The quantitative estimate of drug-likeness (QED) is 0.644. The maximum absolute atomic E-state index is 11.4. The number of carboxylic acids is 1. The number of carboxylic acid groups (broad SMARTS) is 1. The van der Waals surface area contributed by atoms with Gasteiger partial charge in [0.2, 0.25) is 5.91 Å². The Bertz CT molecular complexity index is 229. The molecule has 1 atom stereocenters. The summed E-state index contributed by atoms with van der Waals surface area (Å²) in [5, 5.41) is 11.4. The molecule has 0 spiro atoms. The Balaban J connectivity index is 3.98. The summed E-state index contributed by atoms with van der Waals surface area (Å²) in [6, 6.07) is -0.741. The highest BCUT2D eigenvalue weighted by atomic mass is 16.4. The summed E-state index contributed by atoms with van der Waals surface area (Å²) in [4.78, 5) is 24.2. The van der Waals surface area contributed by atoms with Crippen molar-refractivity contribution in [3.8, 4) is 0 Å². The van der Waals surface area contributed by atoms with Crippen LogP contribution in [0.25, 0.3) is 0 Å². The summed E-state index contributed by atoms with van der Waals surface area (Å²) >= 11 is 0. The van der Waals surface area contributed by atoms with E-state index in [-0.39, 0.29) is 5.91 Å². The molecule has 0 aliphatic heterocycles. The van der Waals surface area contributed by atoms with E-state index in [1.54, 1.807) is 0 Å². The maximum atomic E-state index is 11.4. The minimum Gasteiger partial charge on any atom is -0.480 e. The predicted molar refractivity (Wildman–Crippen MR) is 62.3 cm³/mol. The monoisotopic (exact) mass is 230 g/mol. The molecule has 0 aromatic rings. The highest BCUT2D eigenvalue weighted by Crippen LogP contribution is 2.01. The molecule has 0 saturated carbocycles. The van der Waals surface area contributed by atoms with Gasteiger partial charge in [0, 0.05) is 13.0 Å². The van der Waals surface area contributed by atoms with Gasteiger partial charge in [-0.15, -0.1) is 0 Å². The van der Waals surface area contributed by atoms with Gasteiger partial charge in [0.25, 0.3) is 0 Å². The van der Waals surface area contributed by atoms with Crippen LogP contribution in [-0.4, -0.2) is 48.6 Å². The lowest BCUT2D eigenvalue weighted by atomic mass is 10.1. The first kappa shape index (κ1) is 14.9. The van der Waals surface area contributed by atoms with Crippen LogP contribution in [0.1, 0.15) is 32.6 Å². The molecule has 5 nitrogen and oxygen atoms in total. The van der Waals surface area contributed by atoms with Gasteiger partial charge in [-0.3, -0.25) is 4.79 Å². The first-order chi connectivity index (χ1) is 7.47. The van der Waals surface area contributed by atoms with Crippen molar-refractivity contribution in [1.29, 1.82) is 0 Å². The van der Waals surface area contributed by atoms with Crippen molar-refractivity contribution in [3.63, 3.8) is 0 Å². The molecule has 16 heavy (non-hydrogen) atoms. The minimum atomic E-state index is -0.952. The molecular formula is C11H22N2O3. The van der Waals surface area contributed by atoms with Crippen LogP contribution >= 0.6 is 0 Å². The molecule has 0 fully saturated rings. The third kappa shape index (κ3) is 7.23. The number of hydrogen-bond acceptors (Lipinski definition) is 3. The molecular weight excluding hydrogens is 208 g/mol. The highest BCUT2D eigenvalue weighted by Gasteiger charge is 2.18. The van der Waals surface area contributed by atoms with E-state index in [0.717, 1.165) is 12.8 Å². The van der Waals surface area contributed by atoms with Crippen LogP contribution in [0.15, 0.2) is 0 Å². The van der Waals surface area contributed by atoms with Gasteiger partial charge in [0.1, 0.15) is 6.04 Å². The molecule has 0 bridgehead atoms. The van der Waals surface area contributed by atoms with Crippen LogP contribution in [-0.2, 0) is 9.59 Å². The predicted octanol–water partition coefficient (Wildman–Crippen LogP) is 0.698. The summed E-state index contributed by atoms with van der Waals surface area (Å²) in [6.07, 6.45) is 2.57. The minimum absolute atomic E-state index is 0.197. The number of nitrogens with zero attached hydrogens (tertiary/aromatic N) is 1. The van der Waals surface area contributed by atoms with Crippen LogP contribution in [0.3, 0.4) is 0 Å². The number of hydrogen-bond donors (Lipinski definition) is 2. The molecule has 2 N–H and O–H groups in total. The number of carbonyl (C=O) groups is 2. The number of unbranched alkanes of at least 4 members (excludes halogenated alkanes) is 1. The zero-order valence-corrected chi connectivity index (χ0v) is 10.3. The molecule has 94 valence electrons. The van der Waals surface area contributed by atoms with Gasteiger partial charge in [-0.1, -0.05) is 19.8 Å². The van der Waals surface area contributed by atoms with Crippen molar-refractivity contribution in [2.24, 2.45) is 0 Å². The summed E-state index contributed by atoms with van der Waals surface area (Å²) in [5.41, 5.74) is 0. The smallest absolute Gasteiger partial charge is 0.326 e. The second-order valence-electron chi connectivity index (χ2n) is 4.15. The van der Waals surface area contributed by atoms with Crippen molar-refractivity contribution in [1.82, 2.24) is 10.2 Å². The largest absolute Gasteiger partial charge is 0.480 e. The SMILES string of the molecule is CCCCC(NC(=O)CCN(C)C)C(=O)O. The van der Waals surface area contributed by atoms with Crippen LogP contribution in [0.4, 0.5) is 0 Å². The second-order valence-corrected chi connectivity index (χ2v) is 4.15. The third-order valence-electron chi connectivity index (χ3n) is 2.27. The van der Waals surface area contributed by atoms with Crippen LogP contribution < -0.4 is 5.32 Å². The average molecular weight is 230 g/mol. The lowest BCUT2D eigenvalue weighted by Gasteiger charge is -2.15. The topological polar surface area (TPSA) is 69.6 Å². The van der Waals surface area contributed by atoms with Gasteiger partial charge in [-0.25, -0.2) is 4.79 Å². The van der Waals surface area contributed by atoms with E-state index in [4.69, 9.17) is 5.11 Å². The Morgan fingerprint density at radius 1 is 1.38 bits per heavy atom. The maximum Gasteiger partial charge on any atom is 0.326 e. The second kappa shape index (κ2) is 8.10. The van der Waals surface area contributed by atoms with Gasteiger partial charge < -0.3 is 15.3 Å². The Morgan fingerprint density at radius 3 is 2.44 bits per heavy atom. The van der Waals surface area contributed by atoms with E-state index in [1.807, 2.05) is 25.9 Å². The van der Waals surface area contributed by atoms with E-state index in [9.17, 15) is 9.59 Å². The van der Waals surface area contributed by atoms with E-state index < -0.39 is 12.0 Å². The normalized spacial score (nSPS) is 12.5. The van der Waals surface area contributed by atoms with Gasteiger partial charge in [-0.05, 0) is 20.5 Å². The van der Waals surface area contributed by atoms with E-state index in [1.165, 1.54) is 0 Å². The fraction of sp³-hybridized carbons (Fsp3) is 0.818. The molecule has 5 heteroatoms. The molecule has 0 aromatic heterocycles. The number of carbonyl (C=O) groups excluding carboxylic acids is 1. The standard InChI is InChI=1S/C11H22N2O3/c1-4-5-6-9(11(15)16)12-10(14)7-8-13(2)3/h9H,4-8H2,1-3H3,(H,12,14)(H,15,16). The average Bonchev–Trinajstić information content (AvgIpc) is 2.20. The van der Waals surface area contributed by atoms with Crippen molar-refractivity contribution in [3.05, 3.63) is 0 Å². The highest BCUT2D eigenvalue weighted by molar-refractivity contribution is 5.83. The fourth-order valence-corrected chi connectivity index (χ4v) is 1.26. The van der Waals surface area contributed by atoms with E-state index in [2.05, 4.69) is 5.32 Å². The molecule has 0 aromatic carbocycles. The lowest BCUT2D eigenvalue weighted by Crippen LogP contribution is -2.41. The molecule has 0 aliphatic carbocycles. The molecule has 0 heterocycles. The van der Waals surface area contributed by atoms with Crippen molar-refractivity contribution in [2.75, 3.05) is 20.6 Å². The van der Waals surface area contributed by atoms with Gasteiger partial charge in [-0.2, -0.15) is 0 Å². The summed E-state index contributed by atoms with van der Waals surface area (Å²) in [5.74, 6) is -1.15. The summed E-state index contributed by atoms with van der Waals surface area (Å²) in [7, 11) is 3.75. The molecule has 1 unspecified atom stereocenters. The number of aliphatic carboxylic acids is 1. The zero-order chi connectivity index (χ0) is 12.6. The fourth-order valence-electron chi connectivity index (χ4n) is 1.26. The molecule has 0 rings (SSSR count). The Kier molecular flexibility index (Phi) is 7.54. The van der Waals surface area contributed by atoms with Crippen molar-refractivity contribution in [2.45, 2.75) is 38.6 Å². The number of nitrogens with one attached hydrogen (secondary N) is 1. The summed E-state index contributed by atoms with van der Waals surface area (Å²) in [6.45, 7) is 2.62. The van der Waals surface area contributed by atoms with Crippen molar-refractivity contribution < 1.29 is 14.7 Å². The lowest BCUT2D eigenvalue weighted by molar-refractivity contribution is -0.142. The first-order valence-electron chi connectivity index (χ1n) is 5.64. The third-order valence-corrected chi connectivity index (χ3v) is 2.27. The molecule has 0 aliphatic rings. The van der Waals surface area contributed by atoms with Crippen LogP contribution in [0.2, 0.25) is 0 Å². The van der Waals surface area contributed by atoms with E-state index in [0.29, 0.717) is 19.4 Å². The van der Waals surface area contributed by atoms with Gasteiger partial charge >= 0.3 is 5.97 Å². The van der Waals surface area contributed by atoms with Crippen molar-refractivity contribution >= 4 is 11.9 Å². The van der Waals surface area contributed by atoms with Gasteiger partial charge in [0.05, 0.1) is 0 Å². The Labute approximate surface area is 96.8 Å². The molecule has 0 radical (unpaired) electrons. The Morgan fingerprint density at radius 2 is 2.00 bits per heavy atom. The van der Waals surface area contributed by atoms with Crippen LogP contribution in [0.5, 0.6) is 0 Å².